The lowest BCUT2D eigenvalue weighted by molar-refractivity contribution is 0.0957. The lowest BCUT2D eigenvalue weighted by atomic mass is 10.1. The van der Waals surface area contributed by atoms with Gasteiger partial charge in [0.15, 0.2) is 0 Å². The first-order chi connectivity index (χ1) is 16.0. The number of rotatable bonds is 6. The predicted octanol–water partition coefficient (Wildman–Crippen LogP) is 4.08. The molecule has 0 aliphatic rings. The Morgan fingerprint density at radius 1 is 0.818 bits per heavy atom. The SMILES string of the molecule is CNC(=O)c1cc(Oc2ccc(NC(=O)c3cc(-c4ccc(F)cc4)ncn3)cc2)ccn1. The zero-order valence-corrected chi connectivity index (χ0v) is 17.4. The van der Waals surface area contributed by atoms with Gasteiger partial charge in [-0.15, -0.1) is 0 Å². The van der Waals surface area contributed by atoms with Crippen LogP contribution in [0.5, 0.6) is 11.5 Å². The first-order valence-corrected chi connectivity index (χ1v) is 9.87. The Morgan fingerprint density at radius 2 is 1.55 bits per heavy atom. The second-order valence-electron chi connectivity index (χ2n) is 6.83. The Labute approximate surface area is 188 Å². The molecule has 0 aliphatic heterocycles. The number of benzene rings is 2. The summed E-state index contributed by atoms with van der Waals surface area (Å²) >= 11 is 0. The maximum absolute atomic E-state index is 13.1. The van der Waals surface area contributed by atoms with E-state index in [1.165, 1.54) is 43.8 Å². The highest BCUT2D eigenvalue weighted by Crippen LogP contribution is 2.24. The monoisotopic (exact) mass is 443 g/mol. The lowest BCUT2D eigenvalue weighted by Gasteiger charge is -2.09. The van der Waals surface area contributed by atoms with Crippen molar-refractivity contribution in [1.82, 2.24) is 20.3 Å². The fourth-order valence-corrected chi connectivity index (χ4v) is 2.92. The number of nitrogens with one attached hydrogen (secondary N) is 2. The van der Waals surface area contributed by atoms with Gasteiger partial charge in [-0.05, 0) is 60.7 Å². The number of nitrogens with zero attached hydrogens (tertiary/aromatic N) is 3. The van der Waals surface area contributed by atoms with Gasteiger partial charge in [0.05, 0.1) is 5.69 Å². The van der Waals surface area contributed by atoms with Crippen LogP contribution in [-0.2, 0) is 0 Å². The molecule has 8 nitrogen and oxygen atoms in total. The van der Waals surface area contributed by atoms with Gasteiger partial charge in [0.2, 0.25) is 0 Å². The second kappa shape index (κ2) is 9.65. The minimum Gasteiger partial charge on any atom is -0.457 e. The van der Waals surface area contributed by atoms with Gasteiger partial charge in [-0.25, -0.2) is 14.4 Å². The van der Waals surface area contributed by atoms with Crippen LogP contribution in [0.2, 0.25) is 0 Å². The van der Waals surface area contributed by atoms with Crippen LogP contribution in [-0.4, -0.2) is 33.8 Å². The third-order valence-electron chi connectivity index (χ3n) is 4.58. The van der Waals surface area contributed by atoms with Crippen molar-refractivity contribution in [2.24, 2.45) is 0 Å². The number of ether oxygens (including phenoxy) is 1. The summed E-state index contributed by atoms with van der Waals surface area (Å²) in [5.41, 5.74) is 2.12. The Balaban J connectivity index is 1.43. The van der Waals surface area contributed by atoms with Crippen molar-refractivity contribution in [3.05, 3.63) is 96.5 Å². The number of carbonyl (C=O) groups is 2. The largest absolute Gasteiger partial charge is 0.457 e. The molecule has 0 bridgehead atoms. The molecule has 0 saturated carbocycles. The highest BCUT2D eigenvalue weighted by atomic mass is 19.1. The van der Waals surface area contributed by atoms with E-state index in [1.54, 1.807) is 42.5 Å². The Morgan fingerprint density at radius 3 is 2.27 bits per heavy atom. The molecule has 2 aromatic carbocycles. The van der Waals surface area contributed by atoms with E-state index in [1.807, 2.05) is 0 Å². The molecule has 2 N–H and O–H groups in total. The molecule has 164 valence electrons. The van der Waals surface area contributed by atoms with E-state index in [0.717, 1.165) is 0 Å². The molecule has 0 fully saturated rings. The molecule has 2 aromatic heterocycles. The molecular formula is C24H18FN5O3. The summed E-state index contributed by atoms with van der Waals surface area (Å²) in [6.07, 6.45) is 2.77. The molecule has 4 rings (SSSR count). The normalized spacial score (nSPS) is 10.4. The number of halogens is 1. The molecule has 0 spiro atoms. The van der Waals surface area contributed by atoms with Crippen molar-refractivity contribution in [2.75, 3.05) is 12.4 Å². The maximum atomic E-state index is 13.1. The summed E-state index contributed by atoms with van der Waals surface area (Å²) in [5, 5.41) is 5.27. The molecular weight excluding hydrogens is 425 g/mol. The molecule has 33 heavy (non-hydrogen) atoms. The number of carbonyl (C=O) groups excluding carboxylic acids is 2. The summed E-state index contributed by atoms with van der Waals surface area (Å²) in [4.78, 5) is 36.5. The smallest absolute Gasteiger partial charge is 0.274 e. The number of hydrogen-bond acceptors (Lipinski definition) is 6. The quantitative estimate of drug-likeness (QED) is 0.465. The van der Waals surface area contributed by atoms with Crippen LogP contribution in [0.4, 0.5) is 10.1 Å². The Bertz CT molecular complexity index is 1290. The topological polar surface area (TPSA) is 106 Å². The first kappa shape index (κ1) is 21.6. The van der Waals surface area contributed by atoms with Gasteiger partial charge in [-0.1, -0.05) is 0 Å². The number of pyridine rings is 1. The van der Waals surface area contributed by atoms with Crippen molar-refractivity contribution in [3.8, 4) is 22.8 Å². The van der Waals surface area contributed by atoms with Crippen molar-refractivity contribution in [3.63, 3.8) is 0 Å². The van der Waals surface area contributed by atoms with Crippen LogP contribution in [0, 0.1) is 5.82 Å². The van der Waals surface area contributed by atoms with E-state index < -0.39 is 5.91 Å². The van der Waals surface area contributed by atoms with Gasteiger partial charge in [0.25, 0.3) is 11.8 Å². The summed E-state index contributed by atoms with van der Waals surface area (Å²) in [5.74, 6) is -0.115. The van der Waals surface area contributed by atoms with Gasteiger partial charge >= 0.3 is 0 Å². The number of aromatic nitrogens is 3. The van der Waals surface area contributed by atoms with E-state index in [9.17, 15) is 14.0 Å². The Kier molecular flexibility index (Phi) is 6.31. The van der Waals surface area contributed by atoms with Crippen LogP contribution in [0.3, 0.4) is 0 Å². The van der Waals surface area contributed by atoms with Gasteiger partial charge < -0.3 is 15.4 Å². The van der Waals surface area contributed by atoms with Gasteiger partial charge in [0, 0.05) is 30.6 Å². The zero-order valence-electron chi connectivity index (χ0n) is 17.4. The van der Waals surface area contributed by atoms with Crippen molar-refractivity contribution >= 4 is 17.5 Å². The standard InChI is InChI=1S/C24H18FN5O3/c1-26-23(31)21-12-19(10-11-27-21)33-18-8-6-17(7-9-18)30-24(32)22-13-20(28-14-29-22)15-2-4-16(25)5-3-15/h2-14H,1H3,(H,26,31)(H,30,32). The maximum Gasteiger partial charge on any atom is 0.274 e. The average Bonchev–Trinajstić information content (AvgIpc) is 2.85. The fourth-order valence-electron chi connectivity index (χ4n) is 2.92. The Hall–Kier alpha value is -4.66. The summed E-state index contributed by atoms with van der Waals surface area (Å²) in [7, 11) is 1.52. The number of anilines is 1. The van der Waals surface area contributed by atoms with Crippen LogP contribution in [0.1, 0.15) is 21.0 Å². The molecule has 2 heterocycles. The highest BCUT2D eigenvalue weighted by molar-refractivity contribution is 6.03. The fraction of sp³-hybridized carbons (Fsp3) is 0.0417. The summed E-state index contributed by atoms with van der Waals surface area (Å²) in [6.45, 7) is 0. The van der Waals surface area contributed by atoms with Crippen LogP contribution >= 0.6 is 0 Å². The van der Waals surface area contributed by atoms with Gasteiger partial charge in [0.1, 0.15) is 35.0 Å². The van der Waals surface area contributed by atoms with Crippen molar-refractivity contribution in [2.45, 2.75) is 0 Å². The molecule has 0 unspecified atom stereocenters. The first-order valence-electron chi connectivity index (χ1n) is 9.87. The highest BCUT2D eigenvalue weighted by Gasteiger charge is 2.11. The summed E-state index contributed by atoms with van der Waals surface area (Å²) in [6, 6.07) is 17.2. The van der Waals surface area contributed by atoms with Crippen molar-refractivity contribution < 1.29 is 18.7 Å². The molecule has 9 heteroatoms. The second-order valence-corrected chi connectivity index (χ2v) is 6.83. The zero-order chi connectivity index (χ0) is 23.2. The minimum atomic E-state index is -0.418. The molecule has 4 aromatic rings. The average molecular weight is 443 g/mol. The molecule has 0 saturated heterocycles. The third-order valence-corrected chi connectivity index (χ3v) is 4.58. The van der Waals surface area contributed by atoms with E-state index >= 15 is 0 Å². The van der Waals surface area contributed by atoms with Crippen LogP contribution < -0.4 is 15.4 Å². The van der Waals surface area contributed by atoms with E-state index in [4.69, 9.17) is 4.74 Å². The van der Waals surface area contributed by atoms with E-state index in [0.29, 0.717) is 28.4 Å². The molecule has 0 radical (unpaired) electrons. The van der Waals surface area contributed by atoms with Crippen LogP contribution in [0.15, 0.2) is 79.3 Å². The number of amides is 2. The predicted molar refractivity (Wildman–Crippen MR) is 120 cm³/mol. The lowest BCUT2D eigenvalue weighted by Crippen LogP contribution is -2.18. The van der Waals surface area contributed by atoms with Crippen molar-refractivity contribution in [1.29, 1.82) is 0 Å². The van der Waals surface area contributed by atoms with E-state index in [-0.39, 0.29) is 23.1 Å². The molecule has 2 amide bonds. The molecule has 0 aliphatic carbocycles. The van der Waals surface area contributed by atoms with Gasteiger partial charge in [-0.3, -0.25) is 14.6 Å². The molecule has 0 atom stereocenters. The third kappa shape index (κ3) is 5.34. The number of hydrogen-bond donors (Lipinski definition) is 2. The van der Waals surface area contributed by atoms with Gasteiger partial charge in [-0.2, -0.15) is 0 Å². The van der Waals surface area contributed by atoms with E-state index in [2.05, 4.69) is 25.6 Å². The minimum absolute atomic E-state index is 0.170. The van der Waals surface area contributed by atoms with Crippen LogP contribution in [0.25, 0.3) is 11.3 Å². The summed E-state index contributed by atoms with van der Waals surface area (Å²) < 4.78 is 18.9.